The number of carbonyl (C=O) groups is 1. The van der Waals surface area contributed by atoms with E-state index in [1.807, 2.05) is 24.3 Å². The summed E-state index contributed by atoms with van der Waals surface area (Å²) in [4.78, 5) is 12.1. The summed E-state index contributed by atoms with van der Waals surface area (Å²) in [7, 11) is 1.61. The number of nitrogens with zero attached hydrogens (tertiary/aromatic N) is 2. The van der Waals surface area contributed by atoms with Gasteiger partial charge < -0.3 is 14.8 Å². The number of hydrogen-bond donors (Lipinski definition) is 1. The molecular weight excluding hydrogens is 350 g/mol. The quantitative estimate of drug-likeness (QED) is 0.693. The van der Waals surface area contributed by atoms with Crippen LogP contribution in [0, 0.1) is 0 Å². The summed E-state index contributed by atoms with van der Waals surface area (Å²) in [5, 5.41) is 12.9. The van der Waals surface area contributed by atoms with Crippen LogP contribution in [0.15, 0.2) is 24.3 Å². The lowest BCUT2D eigenvalue weighted by Crippen LogP contribution is -2.12. The Morgan fingerprint density at radius 2 is 1.96 bits per heavy atom. The fourth-order valence-electron chi connectivity index (χ4n) is 3.13. The molecule has 0 spiro atoms. The van der Waals surface area contributed by atoms with Gasteiger partial charge in [-0.25, -0.2) is 0 Å². The van der Waals surface area contributed by atoms with Crippen LogP contribution < -0.4 is 14.8 Å². The second kappa shape index (κ2) is 9.52. The number of carbonyl (C=O) groups excluding carboxylic acids is 1. The molecule has 1 aliphatic rings. The normalized spacial score (nSPS) is 14.8. The average Bonchev–Trinajstić information content (AvgIpc) is 3.14. The number of amides is 1. The highest BCUT2D eigenvalue weighted by atomic mass is 32.1. The summed E-state index contributed by atoms with van der Waals surface area (Å²) in [6, 6.07) is 7.49. The third-order valence-corrected chi connectivity index (χ3v) is 5.52. The summed E-state index contributed by atoms with van der Waals surface area (Å²) >= 11 is 1.51. The number of nitrogens with one attached hydrogen (secondary N) is 1. The van der Waals surface area contributed by atoms with Crippen LogP contribution in [0.4, 0.5) is 5.13 Å². The van der Waals surface area contributed by atoms with Gasteiger partial charge >= 0.3 is 0 Å². The maximum absolute atomic E-state index is 12.1. The topological polar surface area (TPSA) is 73.3 Å². The van der Waals surface area contributed by atoms with E-state index in [4.69, 9.17) is 9.47 Å². The number of anilines is 1. The monoisotopic (exact) mass is 375 g/mol. The number of hydrogen-bond acceptors (Lipinski definition) is 6. The van der Waals surface area contributed by atoms with Crippen molar-refractivity contribution in [3.8, 4) is 11.5 Å². The molecule has 1 aliphatic carbocycles. The molecule has 0 bridgehead atoms. The lowest BCUT2D eigenvalue weighted by atomic mass is 9.90. The molecule has 1 aromatic carbocycles. The molecule has 1 fully saturated rings. The molecule has 1 saturated carbocycles. The highest BCUT2D eigenvalue weighted by Crippen LogP contribution is 2.35. The predicted octanol–water partition coefficient (Wildman–Crippen LogP) is 4.39. The molecule has 7 heteroatoms. The van der Waals surface area contributed by atoms with E-state index in [1.165, 1.54) is 43.4 Å². The Labute approximate surface area is 157 Å². The van der Waals surface area contributed by atoms with Crippen LogP contribution in [0.3, 0.4) is 0 Å². The van der Waals surface area contributed by atoms with Gasteiger partial charge in [0, 0.05) is 12.3 Å². The van der Waals surface area contributed by atoms with Crippen molar-refractivity contribution in [2.45, 2.75) is 50.9 Å². The largest absolute Gasteiger partial charge is 0.493 e. The number of para-hydroxylation sites is 2. The van der Waals surface area contributed by atoms with E-state index in [0.717, 1.165) is 5.01 Å². The summed E-state index contributed by atoms with van der Waals surface area (Å²) < 4.78 is 10.9. The Bertz CT molecular complexity index is 714. The Morgan fingerprint density at radius 3 is 2.73 bits per heavy atom. The van der Waals surface area contributed by atoms with E-state index in [-0.39, 0.29) is 5.91 Å². The molecule has 0 saturated heterocycles. The van der Waals surface area contributed by atoms with Gasteiger partial charge in [0.05, 0.1) is 13.7 Å². The van der Waals surface area contributed by atoms with Crippen LogP contribution in [0.2, 0.25) is 0 Å². The van der Waals surface area contributed by atoms with Crippen molar-refractivity contribution in [1.82, 2.24) is 10.2 Å². The van der Waals surface area contributed by atoms with E-state index in [2.05, 4.69) is 15.5 Å². The fourth-order valence-corrected chi connectivity index (χ4v) is 4.06. The third-order valence-electron chi connectivity index (χ3n) is 4.52. The highest BCUT2D eigenvalue weighted by Gasteiger charge is 2.20. The van der Waals surface area contributed by atoms with Crippen LogP contribution in [-0.2, 0) is 4.79 Å². The van der Waals surface area contributed by atoms with E-state index >= 15 is 0 Å². The molecule has 1 amide bonds. The Morgan fingerprint density at radius 1 is 1.19 bits per heavy atom. The molecule has 1 heterocycles. The van der Waals surface area contributed by atoms with Crippen LogP contribution in [-0.4, -0.2) is 29.8 Å². The first-order valence-electron chi connectivity index (χ1n) is 9.15. The molecule has 0 unspecified atom stereocenters. The first kappa shape index (κ1) is 18.6. The van der Waals surface area contributed by atoms with Crippen LogP contribution in [0.1, 0.15) is 55.9 Å². The van der Waals surface area contributed by atoms with Crippen molar-refractivity contribution >= 4 is 22.4 Å². The molecule has 6 nitrogen and oxygen atoms in total. The summed E-state index contributed by atoms with van der Waals surface area (Å²) in [6.45, 7) is 0.456. The van der Waals surface area contributed by atoms with Crippen LogP contribution in [0.5, 0.6) is 11.5 Å². The Hall–Kier alpha value is -2.15. The lowest BCUT2D eigenvalue weighted by Gasteiger charge is -2.18. The Kier molecular flexibility index (Phi) is 6.82. The van der Waals surface area contributed by atoms with Crippen molar-refractivity contribution in [2.24, 2.45) is 0 Å². The van der Waals surface area contributed by atoms with Crippen molar-refractivity contribution < 1.29 is 14.3 Å². The van der Waals surface area contributed by atoms with Gasteiger partial charge in [-0.05, 0) is 31.4 Å². The zero-order valence-corrected chi connectivity index (χ0v) is 15.9. The van der Waals surface area contributed by atoms with Gasteiger partial charge in [-0.3, -0.25) is 4.79 Å². The van der Waals surface area contributed by atoms with Crippen LogP contribution >= 0.6 is 11.3 Å². The van der Waals surface area contributed by atoms with Gasteiger partial charge in [-0.1, -0.05) is 42.7 Å². The minimum Gasteiger partial charge on any atom is -0.493 e. The SMILES string of the molecule is COc1ccccc1OCCCC(=O)Nc1nnc(C2CCCCC2)s1. The summed E-state index contributed by atoms with van der Waals surface area (Å²) in [5.74, 6) is 1.85. The number of ether oxygens (including phenoxy) is 2. The molecule has 1 N–H and O–H groups in total. The molecule has 0 atom stereocenters. The molecule has 140 valence electrons. The molecule has 26 heavy (non-hydrogen) atoms. The van der Waals surface area contributed by atoms with E-state index < -0.39 is 0 Å². The van der Waals surface area contributed by atoms with Crippen molar-refractivity contribution in [2.75, 3.05) is 19.0 Å². The van der Waals surface area contributed by atoms with E-state index in [9.17, 15) is 4.79 Å². The van der Waals surface area contributed by atoms with E-state index in [1.54, 1.807) is 7.11 Å². The average molecular weight is 375 g/mol. The third kappa shape index (κ3) is 5.17. The lowest BCUT2D eigenvalue weighted by molar-refractivity contribution is -0.116. The van der Waals surface area contributed by atoms with Gasteiger partial charge in [-0.15, -0.1) is 10.2 Å². The first-order valence-corrected chi connectivity index (χ1v) is 9.97. The van der Waals surface area contributed by atoms with Gasteiger partial charge in [-0.2, -0.15) is 0 Å². The van der Waals surface area contributed by atoms with Gasteiger partial charge in [0.1, 0.15) is 5.01 Å². The molecule has 0 aliphatic heterocycles. The second-order valence-corrected chi connectivity index (χ2v) is 7.44. The standard InChI is InChI=1S/C19H25N3O3S/c1-24-15-10-5-6-11-16(15)25-13-7-12-17(23)20-19-22-21-18(26-19)14-8-3-2-4-9-14/h5-6,10-11,14H,2-4,7-9,12-13H2,1H3,(H,20,22,23). The number of aromatic nitrogens is 2. The summed E-state index contributed by atoms with van der Waals surface area (Å²) in [5.41, 5.74) is 0. The van der Waals surface area contributed by atoms with Gasteiger partial charge in [0.15, 0.2) is 11.5 Å². The second-order valence-electron chi connectivity index (χ2n) is 6.43. The minimum absolute atomic E-state index is 0.0556. The molecular formula is C19H25N3O3S. The van der Waals surface area contributed by atoms with Crippen LogP contribution in [0.25, 0.3) is 0 Å². The van der Waals surface area contributed by atoms with Gasteiger partial charge in [0.25, 0.3) is 0 Å². The smallest absolute Gasteiger partial charge is 0.226 e. The number of benzene rings is 1. The molecule has 1 aromatic heterocycles. The van der Waals surface area contributed by atoms with E-state index in [0.29, 0.717) is 42.0 Å². The zero-order chi connectivity index (χ0) is 18.2. The Balaban J connectivity index is 1.39. The minimum atomic E-state index is -0.0556. The number of methoxy groups -OCH3 is 1. The predicted molar refractivity (Wildman–Crippen MR) is 102 cm³/mol. The maximum Gasteiger partial charge on any atom is 0.226 e. The zero-order valence-electron chi connectivity index (χ0n) is 15.1. The summed E-state index contributed by atoms with van der Waals surface area (Å²) in [6.07, 6.45) is 7.21. The van der Waals surface area contributed by atoms with Gasteiger partial charge in [0.2, 0.25) is 11.0 Å². The fraction of sp³-hybridized carbons (Fsp3) is 0.526. The molecule has 0 radical (unpaired) electrons. The van der Waals surface area contributed by atoms with Crippen molar-refractivity contribution in [1.29, 1.82) is 0 Å². The maximum atomic E-state index is 12.1. The first-order chi connectivity index (χ1) is 12.8. The molecule has 3 rings (SSSR count). The highest BCUT2D eigenvalue weighted by molar-refractivity contribution is 7.15. The van der Waals surface area contributed by atoms with Crippen molar-refractivity contribution in [3.05, 3.63) is 29.3 Å². The number of rotatable bonds is 8. The van der Waals surface area contributed by atoms with Crippen molar-refractivity contribution in [3.63, 3.8) is 0 Å². The molecule has 2 aromatic rings.